The fraction of sp³-hybridized carbons (Fsp3) is 0.241. The predicted molar refractivity (Wildman–Crippen MR) is 124 cm³/mol. The first-order valence-corrected chi connectivity index (χ1v) is 11.0. The quantitative estimate of drug-likeness (QED) is 0.283. The number of halogens is 4. The van der Waals surface area contributed by atoms with Crippen LogP contribution in [0.25, 0.3) is 0 Å². The molecule has 0 unspecified atom stereocenters. The molecule has 0 aromatic heterocycles. The Morgan fingerprint density at radius 3 is 1.85 bits per heavy atom. The van der Waals surface area contributed by atoms with Crippen molar-refractivity contribution in [3.8, 4) is 23.7 Å². The van der Waals surface area contributed by atoms with Crippen molar-refractivity contribution >= 4 is 0 Å². The van der Waals surface area contributed by atoms with E-state index in [9.17, 15) is 17.6 Å². The average molecular weight is 449 g/mol. The molecule has 0 spiro atoms. The Balaban J connectivity index is 1.78. The van der Waals surface area contributed by atoms with E-state index in [-0.39, 0.29) is 22.5 Å². The molecule has 0 atom stereocenters. The van der Waals surface area contributed by atoms with Crippen molar-refractivity contribution in [1.29, 1.82) is 0 Å². The van der Waals surface area contributed by atoms with Gasteiger partial charge in [0.25, 0.3) is 0 Å². The summed E-state index contributed by atoms with van der Waals surface area (Å²) in [6.45, 7) is 3.97. The van der Waals surface area contributed by atoms with Crippen LogP contribution in [0.1, 0.15) is 66.5 Å². The van der Waals surface area contributed by atoms with E-state index in [1.807, 2.05) is 13.8 Å². The summed E-state index contributed by atoms with van der Waals surface area (Å²) in [6.07, 6.45) is 3.91. The third kappa shape index (κ3) is 6.50. The molecule has 0 nitrogen and oxygen atoms in total. The van der Waals surface area contributed by atoms with Crippen LogP contribution in [0.15, 0.2) is 48.5 Å². The minimum absolute atomic E-state index is 0.122. The van der Waals surface area contributed by atoms with Gasteiger partial charge in [0.2, 0.25) is 0 Å². The second-order valence-electron chi connectivity index (χ2n) is 7.79. The van der Waals surface area contributed by atoms with Gasteiger partial charge in [-0.25, -0.2) is 17.6 Å². The Morgan fingerprint density at radius 2 is 1.24 bits per heavy atom. The lowest BCUT2D eigenvalue weighted by molar-refractivity contribution is 0.573. The van der Waals surface area contributed by atoms with E-state index in [1.54, 1.807) is 12.1 Å². The zero-order valence-electron chi connectivity index (χ0n) is 18.7. The summed E-state index contributed by atoms with van der Waals surface area (Å²) in [5.74, 6) is 8.11. The van der Waals surface area contributed by atoms with E-state index in [0.29, 0.717) is 29.5 Å². The van der Waals surface area contributed by atoms with Gasteiger partial charge < -0.3 is 0 Å². The van der Waals surface area contributed by atoms with Crippen LogP contribution in [0.5, 0.6) is 0 Å². The van der Waals surface area contributed by atoms with Gasteiger partial charge in [-0.05, 0) is 72.9 Å². The minimum atomic E-state index is -0.734. The second kappa shape index (κ2) is 11.4. The number of benzene rings is 3. The first kappa shape index (κ1) is 24.1. The second-order valence-corrected chi connectivity index (χ2v) is 7.79. The first-order valence-electron chi connectivity index (χ1n) is 11.0. The summed E-state index contributed by atoms with van der Waals surface area (Å²) in [7, 11) is 0. The van der Waals surface area contributed by atoms with E-state index in [1.165, 1.54) is 30.3 Å². The lowest BCUT2D eigenvalue weighted by atomic mass is 10.0. The van der Waals surface area contributed by atoms with Crippen LogP contribution < -0.4 is 0 Å². The molecular formula is C29H24F4. The molecular weight excluding hydrogens is 424 g/mol. The molecule has 0 amide bonds. The fourth-order valence-electron chi connectivity index (χ4n) is 3.34. The van der Waals surface area contributed by atoms with E-state index < -0.39 is 17.5 Å². The van der Waals surface area contributed by atoms with Gasteiger partial charge in [-0.2, -0.15) is 0 Å². The molecule has 0 aliphatic heterocycles. The van der Waals surface area contributed by atoms with E-state index in [4.69, 9.17) is 0 Å². The number of aryl methyl sites for hydroxylation is 2. The molecule has 33 heavy (non-hydrogen) atoms. The van der Waals surface area contributed by atoms with Crippen LogP contribution in [0.2, 0.25) is 0 Å². The van der Waals surface area contributed by atoms with E-state index in [0.717, 1.165) is 25.3 Å². The number of hydrogen-bond acceptors (Lipinski definition) is 0. The average Bonchev–Trinajstić information content (AvgIpc) is 2.77. The summed E-state index contributed by atoms with van der Waals surface area (Å²) in [6, 6.07) is 11.4. The summed E-state index contributed by atoms with van der Waals surface area (Å²) in [4.78, 5) is 0. The van der Waals surface area contributed by atoms with Crippen LogP contribution in [0.3, 0.4) is 0 Å². The highest BCUT2D eigenvalue weighted by Crippen LogP contribution is 2.17. The van der Waals surface area contributed by atoms with Crippen LogP contribution in [-0.2, 0) is 12.8 Å². The van der Waals surface area contributed by atoms with Gasteiger partial charge in [-0.15, -0.1) is 0 Å². The summed E-state index contributed by atoms with van der Waals surface area (Å²) in [5.41, 5.74) is 1.71. The van der Waals surface area contributed by atoms with Crippen molar-refractivity contribution in [2.75, 3.05) is 0 Å². The topological polar surface area (TPSA) is 0 Å². The fourth-order valence-corrected chi connectivity index (χ4v) is 3.34. The van der Waals surface area contributed by atoms with Gasteiger partial charge in [-0.1, -0.05) is 56.4 Å². The van der Waals surface area contributed by atoms with E-state index >= 15 is 0 Å². The largest absolute Gasteiger partial charge is 0.207 e. The molecule has 0 radical (unpaired) electrons. The molecule has 4 heteroatoms. The molecule has 168 valence electrons. The van der Waals surface area contributed by atoms with Crippen LogP contribution >= 0.6 is 0 Å². The number of hydrogen-bond donors (Lipinski definition) is 0. The van der Waals surface area contributed by atoms with Gasteiger partial charge in [0, 0.05) is 11.1 Å². The van der Waals surface area contributed by atoms with Crippen molar-refractivity contribution in [1.82, 2.24) is 0 Å². The molecule has 0 aliphatic carbocycles. The first-order chi connectivity index (χ1) is 15.9. The Labute approximate surface area is 192 Å². The Kier molecular flexibility index (Phi) is 8.34. The lowest BCUT2D eigenvalue weighted by Crippen LogP contribution is -1.95. The highest BCUT2D eigenvalue weighted by Gasteiger charge is 2.09. The maximum atomic E-state index is 14.5. The van der Waals surface area contributed by atoms with Crippen molar-refractivity contribution in [3.63, 3.8) is 0 Å². The van der Waals surface area contributed by atoms with Crippen molar-refractivity contribution in [2.45, 2.75) is 46.0 Å². The normalized spacial score (nSPS) is 10.2. The highest BCUT2D eigenvalue weighted by molar-refractivity contribution is 5.49. The zero-order valence-corrected chi connectivity index (χ0v) is 18.7. The van der Waals surface area contributed by atoms with Gasteiger partial charge in [0.15, 0.2) is 0 Å². The third-order valence-corrected chi connectivity index (χ3v) is 5.14. The Morgan fingerprint density at radius 1 is 0.606 bits per heavy atom. The SMILES string of the molecule is CCCCc1ccc(C#Cc2ccc(C#Cc3c(F)cc(CCC)cc3F)cc2F)cc1F. The monoisotopic (exact) mass is 448 g/mol. The van der Waals surface area contributed by atoms with Crippen LogP contribution in [-0.4, -0.2) is 0 Å². The Hall–Kier alpha value is -3.50. The number of rotatable bonds is 5. The molecule has 3 aromatic rings. The lowest BCUT2D eigenvalue weighted by Gasteiger charge is -2.03. The van der Waals surface area contributed by atoms with Crippen molar-refractivity contribution in [2.24, 2.45) is 0 Å². The predicted octanol–water partition coefficient (Wildman–Crippen LogP) is 7.34. The molecule has 0 bridgehead atoms. The van der Waals surface area contributed by atoms with Gasteiger partial charge in [-0.3, -0.25) is 0 Å². The molecule has 3 rings (SSSR count). The summed E-state index contributed by atoms with van der Waals surface area (Å²) in [5, 5.41) is 0. The van der Waals surface area contributed by atoms with Crippen LogP contribution in [0, 0.1) is 47.0 Å². The highest BCUT2D eigenvalue weighted by atomic mass is 19.1. The van der Waals surface area contributed by atoms with Crippen molar-refractivity contribution < 1.29 is 17.6 Å². The van der Waals surface area contributed by atoms with Gasteiger partial charge in [0.1, 0.15) is 23.3 Å². The Bertz CT molecular complexity index is 1240. The molecule has 0 N–H and O–H groups in total. The summed E-state index contributed by atoms with van der Waals surface area (Å²) >= 11 is 0. The molecule has 0 saturated carbocycles. The van der Waals surface area contributed by atoms with Crippen LogP contribution in [0.4, 0.5) is 17.6 Å². The van der Waals surface area contributed by atoms with Gasteiger partial charge in [0.05, 0.1) is 11.1 Å². The van der Waals surface area contributed by atoms with E-state index in [2.05, 4.69) is 23.7 Å². The molecule has 0 heterocycles. The number of unbranched alkanes of at least 4 members (excludes halogenated alkanes) is 1. The molecule has 0 fully saturated rings. The smallest absolute Gasteiger partial charge is 0.142 e. The minimum Gasteiger partial charge on any atom is -0.207 e. The maximum Gasteiger partial charge on any atom is 0.142 e. The van der Waals surface area contributed by atoms with Gasteiger partial charge >= 0.3 is 0 Å². The molecule has 0 aliphatic rings. The molecule has 0 saturated heterocycles. The maximum absolute atomic E-state index is 14.5. The van der Waals surface area contributed by atoms with Crippen molar-refractivity contribution in [3.05, 3.63) is 105 Å². The standard InChI is InChI=1S/C29H24F4/c1-3-5-7-23-12-8-20(16-26(23)30)9-13-24-14-10-21(17-27(24)31)11-15-25-28(32)18-22(6-4-2)19-29(25)33/h8,10,12,14,16-19H,3-7H2,1-2H3. The third-order valence-electron chi connectivity index (χ3n) is 5.14. The molecule has 3 aromatic carbocycles. The zero-order chi connectivity index (χ0) is 23.8. The summed E-state index contributed by atoms with van der Waals surface area (Å²) < 4.78 is 57.0.